The van der Waals surface area contributed by atoms with E-state index in [9.17, 15) is 18.0 Å². The van der Waals surface area contributed by atoms with Gasteiger partial charge in [-0.2, -0.15) is 0 Å². The molecule has 0 atom stereocenters. The zero-order chi connectivity index (χ0) is 23.6. The number of hydrogen-bond donors (Lipinski definition) is 2. The highest BCUT2D eigenvalue weighted by Crippen LogP contribution is 2.37. The van der Waals surface area contributed by atoms with E-state index in [0.717, 1.165) is 19.3 Å². The molecule has 0 bridgehead atoms. The summed E-state index contributed by atoms with van der Waals surface area (Å²) in [6.07, 6.45) is 4.88. The molecule has 1 aliphatic heterocycles. The molecule has 4 rings (SSSR count). The smallest absolute Gasteiger partial charge is 0.350 e. The Hall–Kier alpha value is -3.47. The molecule has 0 radical (unpaired) electrons. The molecule has 2 N–H and O–H groups in total. The van der Waals surface area contributed by atoms with E-state index in [4.69, 9.17) is 9.47 Å². The molecule has 2 heterocycles. The quantitative estimate of drug-likeness (QED) is 0.382. The zero-order valence-corrected chi connectivity index (χ0v) is 19.1. The van der Waals surface area contributed by atoms with Crippen LogP contribution in [0.15, 0.2) is 47.0 Å². The lowest BCUT2D eigenvalue weighted by molar-refractivity contribution is -0.244. The average Bonchev–Trinajstić information content (AvgIpc) is 2.73. The van der Waals surface area contributed by atoms with Crippen molar-refractivity contribution in [1.29, 1.82) is 0 Å². The maximum absolute atomic E-state index is 12.6. The molecule has 0 amide bonds. The number of aromatic nitrogens is 2. The Labute approximate surface area is 191 Å². The first kappa shape index (κ1) is 22.7. The fourth-order valence-corrected chi connectivity index (χ4v) is 4.74. The van der Waals surface area contributed by atoms with Gasteiger partial charge < -0.3 is 14.8 Å². The predicted molar refractivity (Wildman–Crippen MR) is 118 cm³/mol. The van der Waals surface area contributed by atoms with E-state index in [0.29, 0.717) is 29.9 Å². The number of hydrogen-bond acceptors (Lipinski definition) is 9. The Morgan fingerprint density at radius 2 is 1.52 bits per heavy atom. The van der Waals surface area contributed by atoms with Gasteiger partial charge in [-0.15, -0.1) is 0 Å². The van der Waals surface area contributed by atoms with E-state index in [1.54, 1.807) is 19.9 Å². The first-order valence-corrected chi connectivity index (χ1v) is 12.0. The summed E-state index contributed by atoms with van der Waals surface area (Å²) in [6.45, 7) is 3.49. The van der Waals surface area contributed by atoms with Gasteiger partial charge in [0.05, 0.1) is 4.90 Å². The lowest BCUT2D eigenvalue weighted by Gasteiger charge is -2.38. The molecule has 10 nitrogen and oxygen atoms in total. The molecule has 2 fully saturated rings. The van der Waals surface area contributed by atoms with Gasteiger partial charge in [-0.25, -0.2) is 32.7 Å². The van der Waals surface area contributed by atoms with Crippen molar-refractivity contribution in [3.63, 3.8) is 0 Å². The van der Waals surface area contributed by atoms with Crippen molar-refractivity contribution in [3.05, 3.63) is 53.5 Å². The number of aryl methyl sites for hydroxylation is 2. The molecule has 1 aromatic carbocycles. The third-order valence-electron chi connectivity index (χ3n) is 5.37. The molecular weight excluding hydrogens is 448 g/mol. The van der Waals surface area contributed by atoms with Crippen LogP contribution in [0.3, 0.4) is 0 Å². The van der Waals surface area contributed by atoms with Crippen LogP contribution >= 0.6 is 0 Å². The molecule has 1 saturated heterocycles. The minimum absolute atomic E-state index is 0.000752. The summed E-state index contributed by atoms with van der Waals surface area (Å²) < 4.78 is 38.5. The number of carbonyl (C=O) groups is 2. The van der Waals surface area contributed by atoms with E-state index in [-0.39, 0.29) is 16.4 Å². The van der Waals surface area contributed by atoms with Crippen molar-refractivity contribution in [2.24, 2.45) is 0 Å². The zero-order valence-electron chi connectivity index (χ0n) is 18.3. The van der Waals surface area contributed by atoms with Crippen LogP contribution in [-0.4, -0.2) is 36.1 Å². The second-order valence-electron chi connectivity index (χ2n) is 8.06. The highest BCUT2D eigenvalue weighted by Gasteiger charge is 2.46. The van der Waals surface area contributed by atoms with Crippen LogP contribution in [-0.2, 0) is 29.1 Å². The number of anilines is 2. The van der Waals surface area contributed by atoms with Crippen molar-refractivity contribution in [2.75, 3.05) is 10.0 Å². The molecule has 33 heavy (non-hydrogen) atoms. The summed E-state index contributed by atoms with van der Waals surface area (Å²) in [6, 6.07) is 7.48. The van der Waals surface area contributed by atoms with Gasteiger partial charge in [-0.3, -0.25) is 0 Å². The number of benzene rings is 1. The third-order valence-corrected chi connectivity index (χ3v) is 6.71. The van der Waals surface area contributed by atoms with E-state index >= 15 is 0 Å². The minimum atomic E-state index is -3.90. The van der Waals surface area contributed by atoms with Crippen LogP contribution in [0.5, 0.6) is 0 Å². The monoisotopic (exact) mass is 472 g/mol. The van der Waals surface area contributed by atoms with Gasteiger partial charge in [-0.05, 0) is 57.0 Å². The van der Waals surface area contributed by atoms with Gasteiger partial charge in [0, 0.05) is 36.1 Å². The Morgan fingerprint density at radius 3 is 2.09 bits per heavy atom. The Balaban J connectivity index is 1.43. The average molecular weight is 473 g/mol. The van der Waals surface area contributed by atoms with Crippen molar-refractivity contribution in [3.8, 4) is 0 Å². The molecule has 1 spiro atoms. The molecule has 11 heteroatoms. The van der Waals surface area contributed by atoms with Crippen LogP contribution in [0.4, 0.5) is 11.6 Å². The molecule has 1 aromatic heterocycles. The molecule has 2 aliphatic rings. The molecule has 1 saturated carbocycles. The van der Waals surface area contributed by atoms with E-state index in [1.165, 1.54) is 30.5 Å². The second-order valence-corrected chi connectivity index (χ2v) is 9.74. The fourth-order valence-electron chi connectivity index (χ4n) is 3.80. The number of ether oxygens (including phenoxy) is 2. The van der Waals surface area contributed by atoms with Crippen molar-refractivity contribution >= 4 is 33.6 Å². The third kappa shape index (κ3) is 5.14. The maximum atomic E-state index is 12.6. The normalized spacial score (nSPS) is 17.8. The summed E-state index contributed by atoms with van der Waals surface area (Å²) in [5, 5.41) is 2.81. The first-order chi connectivity index (χ1) is 15.7. The fraction of sp³-hybridized carbons (Fsp3) is 0.364. The van der Waals surface area contributed by atoms with Crippen molar-refractivity contribution in [1.82, 2.24) is 9.97 Å². The number of sulfonamides is 1. The van der Waals surface area contributed by atoms with Gasteiger partial charge in [0.25, 0.3) is 15.8 Å². The molecule has 0 unspecified atom stereocenters. The topological polar surface area (TPSA) is 137 Å². The molecular formula is C22H24N4O6S. The van der Waals surface area contributed by atoms with Crippen LogP contribution in [0.2, 0.25) is 0 Å². The van der Waals surface area contributed by atoms with Crippen molar-refractivity contribution < 1.29 is 27.5 Å². The van der Waals surface area contributed by atoms with Gasteiger partial charge in [0.1, 0.15) is 0 Å². The SMILES string of the molecule is Cc1cc(C)nc(NS(=O)(=O)c2ccc(NC=C3C(=O)OC4(CCCCC4)OC3=O)cc2)n1. The molecule has 2 aromatic rings. The van der Waals surface area contributed by atoms with Gasteiger partial charge in [-0.1, -0.05) is 6.42 Å². The lowest BCUT2D eigenvalue weighted by atomic mass is 9.93. The predicted octanol–water partition coefficient (Wildman–Crippen LogP) is 2.95. The molecule has 174 valence electrons. The van der Waals surface area contributed by atoms with E-state index in [1.807, 2.05) is 0 Å². The van der Waals surface area contributed by atoms with Crippen LogP contribution < -0.4 is 10.0 Å². The standard InChI is InChI=1S/C22H24N4O6S/c1-14-12-15(2)25-21(24-14)26-33(29,30)17-8-6-16(7-9-17)23-13-18-19(27)31-22(32-20(18)28)10-4-3-5-11-22/h6-9,12-13,23H,3-5,10-11H2,1-2H3,(H,24,25,26). The number of rotatable bonds is 5. The van der Waals surface area contributed by atoms with Gasteiger partial charge >= 0.3 is 11.9 Å². The van der Waals surface area contributed by atoms with E-state index in [2.05, 4.69) is 20.0 Å². The second kappa shape index (κ2) is 8.81. The number of nitrogens with one attached hydrogen (secondary N) is 2. The summed E-state index contributed by atoms with van der Waals surface area (Å²) in [4.78, 5) is 32.9. The summed E-state index contributed by atoms with van der Waals surface area (Å²) in [5.74, 6) is -2.63. The minimum Gasteiger partial charge on any atom is -0.419 e. The van der Waals surface area contributed by atoms with Gasteiger partial charge in [0.15, 0.2) is 5.57 Å². The molecule has 1 aliphatic carbocycles. The van der Waals surface area contributed by atoms with Crippen LogP contribution in [0, 0.1) is 13.8 Å². The summed E-state index contributed by atoms with van der Waals surface area (Å²) in [5.41, 5.74) is 1.49. The summed E-state index contributed by atoms with van der Waals surface area (Å²) in [7, 11) is -3.90. The highest BCUT2D eigenvalue weighted by molar-refractivity contribution is 7.92. The number of esters is 2. The Morgan fingerprint density at radius 1 is 0.939 bits per heavy atom. The van der Waals surface area contributed by atoms with Crippen LogP contribution in [0.1, 0.15) is 43.5 Å². The van der Waals surface area contributed by atoms with E-state index < -0.39 is 27.7 Å². The Bertz CT molecular complexity index is 1180. The number of nitrogens with zero attached hydrogens (tertiary/aromatic N) is 2. The maximum Gasteiger partial charge on any atom is 0.350 e. The number of carbonyl (C=O) groups excluding carboxylic acids is 2. The van der Waals surface area contributed by atoms with Crippen molar-refractivity contribution in [2.45, 2.75) is 56.6 Å². The highest BCUT2D eigenvalue weighted by atomic mass is 32.2. The van der Waals surface area contributed by atoms with Gasteiger partial charge in [0.2, 0.25) is 5.95 Å². The van der Waals surface area contributed by atoms with Crippen LogP contribution in [0.25, 0.3) is 0 Å². The largest absolute Gasteiger partial charge is 0.419 e. The first-order valence-electron chi connectivity index (χ1n) is 10.5. The lowest BCUT2D eigenvalue weighted by Crippen LogP contribution is -2.47. The Kier molecular flexibility index (Phi) is 6.07. The summed E-state index contributed by atoms with van der Waals surface area (Å²) >= 11 is 0.